The summed E-state index contributed by atoms with van der Waals surface area (Å²) >= 11 is 0. The number of nitrogens with zero attached hydrogens (tertiary/aromatic N) is 3. The van der Waals surface area contributed by atoms with Crippen LogP contribution >= 0.6 is 0 Å². The lowest BCUT2D eigenvalue weighted by Gasteiger charge is -2.47. The van der Waals surface area contributed by atoms with Crippen molar-refractivity contribution in [1.29, 1.82) is 0 Å². The van der Waals surface area contributed by atoms with Gasteiger partial charge in [-0.25, -0.2) is 0 Å². The molecule has 0 radical (unpaired) electrons. The lowest BCUT2D eigenvalue weighted by Crippen LogP contribution is -2.57. The monoisotopic (exact) mass is 377 g/mol. The molecule has 0 aliphatic carbocycles. The molecule has 0 saturated carbocycles. The number of hydrogen-bond acceptors (Lipinski definition) is 4. The predicted octanol–water partition coefficient (Wildman–Crippen LogP) is 4.19. The van der Waals surface area contributed by atoms with Crippen LogP contribution in [-0.2, 0) is 6.54 Å². The van der Waals surface area contributed by atoms with Gasteiger partial charge >= 0.3 is 0 Å². The fourth-order valence-electron chi connectivity index (χ4n) is 5.27. The van der Waals surface area contributed by atoms with E-state index in [2.05, 4.69) is 71.3 Å². The van der Waals surface area contributed by atoms with Crippen LogP contribution in [0.25, 0.3) is 21.9 Å². The van der Waals surface area contributed by atoms with Crippen molar-refractivity contribution in [3.05, 3.63) is 48.0 Å². The summed E-state index contributed by atoms with van der Waals surface area (Å²) in [5, 5.41) is 2.47. The van der Waals surface area contributed by atoms with Crippen LogP contribution in [0, 0.1) is 0 Å². The number of para-hydroxylation sites is 2. The summed E-state index contributed by atoms with van der Waals surface area (Å²) in [4.78, 5) is 7.81. The largest absolute Gasteiger partial charge is 0.456 e. The second kappa shape index (κ2) is 7.18. The number of furan rings is 1. The molecule has 3 heterocycles. The van der Waals surface area contributed by atoms with E-state index in [-0.39, 0.29) is 0 Å². The summed E-state index contributed by atoms with van der Waals surface area (Å²) in [5.41, 5.74) is 3.71. The van der Waals surface area contributed by atoms with Crippen LogP contribution in [0.4, 0.5) is 0 Å². The van der Waals surface area contributed by atoms with E-state index in [0.29, 0.717) is 5.54 Å². The smallest absolute Gasteiger partial charge is 0.139 e. The number of fused-ring (bicyclic) bond motifs is 3. The van der Waals surface area contributed by atoms with Crippen molar-refractivity contribution in [2.45, 2.75) is 31.3 Å². The van der Waals surface area contributed by atoms with Gasteiger partial charge < -0.3 is 9.32 Å². The maximum atomic E-state index is 6.28. The Morgan fingerprint density at radius 3 is 2.54 bits per heavy atom. The Labute approximate surface area is 167 Å². The van der Waals surface area contributed by atoms with Gasteiger partial charge in [0.1, 0.15) is 11.2 Å². The Bertz CT molecular complexity index is 970. The molecule has 0 unspecified atom stereocenters. The first-order chi connectivity index (χ1) is 13.6. The first-order valence-corrected chi connectivity index (χ1v) is 10.7. The number of rotatable bonds is 2. The quantitative estimate of drug-likeness (QED) is 0.668. The molecule has 0 atom stereocenters. The van der Waals surface area contributed by atoms with Gasteiger partial charge in [0.15, 0.2) is 0 Å². The SMILES string of the molecule is CN1CCC2(CC1)CN(Cc1cccc3c1oc1ccccc13)CCCN2C. The van der Waals surface area contributed by atoms with E-state index < -0.39 is 0 Å². The van der Waals surface area contributed by atoms with E-state index >= 15 is 0 Å². The van der Waals surface area contributed by atoms with E-state index in [1.54, 1.807) is 0 Å². The lowest BCUT2D eigenvalue weighted by atomic mass is 9.85. The average molecular weight is 378 g/mol. The third-order valence-electron chi connectivity index (χ3n) is 7.09. The Hall–Kier alpha value is -1.88. The van der Waals surface area contributed by atoms with Gasteiger partial charge in [0.25, 0.3) is 0 Å². The highest BCUT2D eigenvalue weighted by atomic mass is 16.3. The molecule has 2 aliphatic rings. The lowest BCUT2D eigenvalue weighted by molar-refractivity contribution is 0.0337. The molecule has 0 N–H and O–H groups in total. The van der Waals surface area contributed by atoms with Crippen LogP contribution in [0.3, 0.4) is 0 Å². The Kier molecular flexibility index (Phi) is 4.66. The van der Waals surface area contributed by atoms with Crippen molar-refractivity contribution >= 4 is 21.9 Å². The number of likely N-dealkylation sites (tertiary alicyclic amines) is 1. The molecule has 2 aliphatic heterocycles. The van der Waals surface area contributed by atoms with Crippen molar-refractivity contribution in [2.24, 2.45) is 0 Å². The normalized spacial score (nSPS) is 22.2. The average Bonchev–Trinajstić information content (AvgIpc) is 3.02. The van der Waals surface area contributed by atoms with E-state index in [1.807, 2.05) is 0 Å². The third kappa shape index (κ3) is 3.14. The van der Waals surface area contributed by atoms with Crippen LogP contribution in [0.5, 0.6) is 0 Å². The van der Waals surface area contributed by atoms with Crippen molar-refractivity contribution < 1.29 is 4.42 Å². The predicted molar refractivity (Wildman–Crippen MR) is 116 cm³/mol. The maximum absolute atomic E-state index is 6.28. The number of likely N-dealkylation sites (N-methyl/N-ethyl adjacent to an activating group) is 1. The first-order valence-electron chi connectivity index (χ1n) is 10.7. The zero-order valence-corrected chi connectivity index (χ0v) is 17.2. The molecule has 4 heteroatoms. The molecule has 2 aromatic carbocycles. The van der Waals surface area contributed by atoms with E-state index in [9.17, 15) is 0 Å². The topological polar surface area (TPSA) is 22.9 Å². The van der Waals surface area contributed by atoms with Gasteiger partial charge in [-0.2, -0.15) is 0 Å². The van der Waals surface area contributed by atoms with Crippen LogP contribution in [-0.4, -0.2) is 67.1 Å². The minimum absolute atomic E-state index is 0.324. The summed E-state index contributed by atoms with van der Waals surface area (Å²) in [7, 11) is 4.60. The van der Waals surface area contributed by atoms with Gasteiger partial charge in [-0.3, -0.25) is 9.80 Å². The standard InChI is InChI=1S/C24H31N3O/c1-25-15-11-24(12-16-25)18-27(14-6-13-26(24)2)17-19-7-5-9-21-20-8-3-4-10-22(20)28-23(19)21/h3-5,7-10H,6,11-18H2,1-2H3. The molecule has 28 heavy (non-hydrogen) atoms. The fourth-order valence-corrected chi connectivity index (χ4v) is 5.27. The molecule has 2 fully saturated rings. The Morgan fingerprint density at radius 2 is 1.68 bits per heavy atom. The summed E-state index contributed by atoms with van der Waals surface area (Å²) in [6.45, 7) is 6.92. The fraction of sp³-hybridized carbons (Fsp3) is 0.500. The van der Waals surface area contributed by atoms with Gasteiger partial charge in [0.2, 0.25) is 0 Å². The van der Waals surface area contributed by atoms with Gasteiger partial charge in [-0.05, 0) is 65.6 Å². The van der Waals surface area contributed by atoms with E-state index in [1.165, 1.54) is 61.8 Å². The molecule has 5 rings (SSSR count). The molecule has 148 valence electrons. The van der Waals surface area contributed by atoms with Gasteiger partial charge in [0, 0.05) is 35.0 Å². The van der Waals surface area contributed by atoms with Crippen LogP contribution in [0.15, 0.2) is 46.9 Å². The highest BCUT2D eigenvalue weighted by Gasteiger charge is 2.40. The van der Waals surface area contributed by atoms with Gasteiger partial charge in [0.05, 0.1) is 0 Å². The maximum Gasteiger partial charge on any atom is 0.139 e. The second-order valence-corrected chi connectivity index (χ2v) is 8.91. The van der Waals surface area contributed by atoms with Gasteiger partial charge in [-0.15, -0.1) is 0 Å². The second-order valence-electron chi connectivity index (χ2n) is 8.91. The van der Waals surface area contributed by atoms with E-state index in [0.717, 1.165) is 24.3 Å². The molecule has 3 aromatic rings. The third-order valence-corrected chi connectivity index (χ3v) is 7.09. The molecule has 1 spiro atoms. The number of hydrogen-bond donors (Lipinski definition) is 0. The van der Waals surface area contributed by atoms with Crippen molar-refractivity contribution in [2.75, 3.05) is 46.8 Å². The Balaban J connectivity index is 1.45. The molecule has 2 saturated heterocycles. The van der Waals surface area contributed by atoms with Crippen molar-refractivity contribution in [3.8, 4) is 0 Å². The van der Waals surface area contributed by atoms with Crippen LogP contribution in [0.2, 0.25) is 0 Å². The zero-order chi connectivity index (χ0) is 19.1. The molecule has 4 nitrogen and oxygen atoms in total. The van der Waals surface area contributed by atoms with E-state index in [4.69, 9.17) is 4.42 Å². The first kappa shape index (κ1) is 18.2. The minimum atomic E-state index is 0.324. The number of piperidine rings is 1. The van der Waals surface area contributed by atoms with Crippen molar-refractivity contribution in [3.63, 3.8) is 0 Å². The minimum Gasteiger partial charge on any atom is -0.456 e. The Morgan fingerprint density at radius 1 is 0.893 bits per heavy atom. The van der Waals surface area contributed by atoms with Gasteiger partial charge in [-0.1, -0.05) is 36.4 Å². The number of benzene rings is 2. The van der Waals surface area contributed by atoms with Crippen molar-refractivity contribution in [1.82, 2.24) is 14.7 Å². The molecular weight excluding hydrogens is 346 g/mol. The highest BCUT2D eigenvalue weighted by molar-refractivity contribution is 6.05. The summed E-state index contributed by atoms with van der Waals surface area (Å²) in [6, 6.07) is 15.0. The summed E-state index contributed by atoms with van der Waals surface area (Å²) in [5.74, 6) is 0. The molecule has 0 bridgehead atoms. The molecule has 0 amide bonds. The van der Waals surface area contributed by atoms with Crippen LogP contribution < -0.4 is 0 Å². The molecular formula is C24H31N3O. The van der Waals surface area contributed by atoms with Crippen LogP contribution in [0.1, 0.15) is 24.8 Å². The highest BCUT2D eigenvalue weighted by Crippen LogP contribution is 2.34. The summed E-state index contributed by atoms with van der Waals surface area (Å²) in [6.07, 6.45) is 3.78. The zero-order valence-electron chi connectivity index (χ0n) is 17.2. The molecule has 1 aromatic heterocycles. The summed E-state index contributed by atoms with van der Waals surface area (Å²) < 4.78 is 6.28.